The van der Waals surface area contributed by atoms with Crippen LogP contribution in [0.4, 0.5) is 0 Å². The molecule has 2 rings (SSSR count). The van der Waals surface area contributed by atoms with Crippen LogP contribution in [0.15, 0.2) is 24.3 Å². The second kappa shape index (κ2) is 5.96. The highest BCUT2D eigenvalue weighted by atomic mass is 16.4. The molecule has 20 heavy (non-hydrogen) atoms. The summed E-state index contributed by atoms with van der Waals surface area (Å²) in [6.45, 7) is 7.79. The molecule has 0 amide bonds. The summed E-state index contributed by atoms with van der Waals surface area (Å²) in [6, 6.07) is 8.83. The second-order valence-electron chi connectivity index (χ2n) is 6.75. The van der Waals surface area contributed by atoms with Crippen LogP contribution in [0, 0.1) is 0 Å². The maximum absolute atomic E-state index is 10.8. The normalized spacial score (nSPS) is 15.6. The van der Waals surface area contributed by atoms with Crippen LogP contribution in [0.1, 0.15) is 57.1 Å². The van der Waals surface area contributed by atoms with Crippen molar-refractivity contribution >= 4 is 5.97 Å². The Morgan fingerprint density at radius 2 is 1.85 bits per heavy atom. The molecule has 0 radical (unpaired) electrons. The average Bonchev–Trinajstić information content (AvgIpc) is 3.17. The Morgan fingerprint density at radius 3 is 2.30 bits per heavy atom. The van der Waals surface area contributed by atoms with Gasteiger partial charge in [-0.2, -0.15) is 0 Å². The van der Waals surface area contributed by atoms with Crippen molar-refractivity contribution < 1.29 is 9.90 Å². The highest BCUT2D eigenvalue weighted by Crippen LogP contribution is 2.39. The molecule has 0 aromatic heterocycles. The highest BCUT2D eigenvalue weighted by Gasteiger charge is 2.24. The Hall–Kier alpha value is -1.35. The van der Waals surface area contributed by atoms with Crippen molar-refractivity contribution in [1.29, 1.82) is 0 Å². The van der Waals surface area contributed by atoms with Crippen LogP contribution in [0.2, 0.25) is 0 Å². The number of carbonyl (C=O) groups is 1. The van der Waals surface area contributed by atoms with Crippen LogP contribution >= 0.6 is 0 Å². The van der Waals surface area contributed by atoms with Gasteiger partial charge in [0.2, 0.25) is 0 Å². The molecule has 0 heterocycles. The lowest BCUT2D eigenvalue weighted by atomic mass is 10.0. The number of hydrogen-bond acceptors (Lipinski definition) is 2. The van der Waals surface area contributed by atoms with E-state index in [4.69, 9.17) is 5.11 Å². The van der Waals surface area contributed by atoms with E-state index in [2.05, 4.69) is 49.9 Å². The standard InChI is InChI=1S/C17H25NO2/c1-17(2,3)18(11-10-16(19)20)12-13-4-6-14(7-5-13)15-8-9-15/h4-7,15H,8-12H2,1-3H3,(H,19,20). The monoisotopic (exact) mass is 275 g/mol. The highest BCUT2D eigenvalue weighted by molar-refractivity contribution is 5.66. The Morgan fingerprint density at radius 1 is 1.25 bits per heavy atom. The zero-order valence-electron chi connectivity index (χ0n) is 12.7. The molecule has 1 aromatic carbocycles. The van der Waals surface area contributed by atoms with Gasteiger partial charge in [-0.3, -0.25) is 9.69 Å². The van der Waals surface area contributed by atoms with Gasteiger partial charge in [-0.1, -0.05) is 24.3 Å². The summed E-state index contributed by atoms with van der Waals surface area (Å²) in [5, 5.41) is 8.87. The zero-order valence-corrected chi connectivity index (χ0v) is 12.7. The van der Waals surface area contributed by atoms with E-state index < -0.39 is 5.97 Å². The molecule has 1 aromatic rings. The van der Waals surface area contributed by atoms with E-state index in [0.717, 1.165) is 12.5 Å². The molecule has 1 aliphatic rings. The van der Waals surface area contributed by atoms with E-state index in [1.54, 1.807) is 0 Å². The topological polar surface area (TPSA) is 40.5 Å². The van der Waals surface area contributed by atoms with Crippen molar-refractivity contribution in [2.45, 2.75) is 58.0 Å². The quantitative estimate of drug-likeness (QED) is 0.861. The molecule has 1 aliphatic carbocycles. The molecule has 110 valence electrons. The maximum Gasteiger partial charge on any atom is 0.304 e. The summed E-state index contributed by atoms with van der Waals surface area (Å²) in [5.74, 6) is 0.0538. The Balaban J connectivity index is 2.00. The first-order valence-corrected chi connectivity index (χ1v) is 7.42. The predicted octanol–water partition coefficient (Wildman–Crippen LogP) is 3.64. The van der Waals surface area contributed by atoms with E-state index in [-0.39, 0.29) is 12.0 Å². The molecule has 0 bridgehead atoms. The fourth-order valence-electron chi connectivity index (χ4n) is 2.41. The molecule has 1 N–H and O–H groups in total. The largest absolute Gasteiger partial charge is 0.481 e. The van der Waals surface area contributed by atoms with Crippen molar-refractivity contribution in [2.75, 3.05) is 6.54 Å². The van der Waals surface area contributed by atoms with Gasteiger partial charge in [-0.15, -0.1) is 0 Å². The molecular formula is C17H25NO2. The van der Waals surface area contributed by atoms with Crippen molar-refractivity contribution in [3.63, 3.8) is 0 Å². The summed E-state index contributed by atoms with van der Waals surface area (Å²) in [4.78, 5) is 13.0. The minimum atomic E-state index is -0.733. The van der Waals surface area contributed by atoms with E-state index in [9.17, 15) is 4.79 Å². The molecule has 1 saturated carbocycles. The molecule has 0 unspecified atom stereocenters. The van der Waals surface area contributed by atoms with Crippen molar-refractivity contribution in [1.82, 2.24) is 4.90 Å². The van der Waals surface area contributed by atoms with Gasteiger partial charge in [0.15, 0.2) is 0 Å². The third-order valence-corrected chi connectivity index (χ3v) is 3.95. The van der Waals surface area contributed by atoms with Crippen LogP contribution in [0.5, 0.6) is 0 Å². The van der Waals surface area contributed by atoms with Gasteiger partial charge in [0.1, 0.15) is 0 Å². The SMILES string of the molecule is CC(C)(C)N(CCC(=O)O)Cc1ccc(C2CC2)cc1. The minimum absolute atomic E-state index is 0.0232. The number of nitrogens with zero attached hydrogens (tertiary/aromatic N) is 1. The predicted molar refractivity (Wildman–Crippen MR) is 80.8 cm³/mol. The van der Waals surface area contributed by atoms with Crippen LogP contribution < -0.4 is 0 Å². The molecular weight excluding hydrogens is 250 g/mol. The minimum Gasteiger partial charge on any atom is -0.481 e. The maximum atomic E-state index is 10.8. The fraction of sp³-hybridized carbons (Fsp3) is 0.588. The molecule has 3 heteroatoms. The number of rotatable bonds is 6. The molecule has 1 fully saturated rings. The molecule has 0 spiro atoms. The van der Waals surface area contributed by atoms with Crippen LogP contribution in [0.3, 0.4) is 0 Å². The summed E-state index contributed by atoms with van der Waals surface area (Å²) in [7, 11) is 0. The summed E-state index contributed by atoms with van der Waals surface area (Å²) in [6.07, 6.45) is 2.84. The average molecular weight is 275 g/mol. The van der Waals surface area contributed by atoms with Gasteiger partial charge in [-0.05, 0) is 50.7 Å². The van der Waals surface area contributed by atoms with Gasteiger partial charge < -0.3 is 5.11 Å². The lowest BCUT2D eigenvalue weighted by molar-refractivity contribution is -0.137. The first kappa shape index (κ1) is 15.0. The lowest BCUT2D eigenvalue weighted by Crippen LogP contribution is -2.42. The van der Waals surface area contributed by atoms with Crippen molar-refractivity contribution in [3.8, 4) is 0 Å². The first-order chi connectivity index (χ1) is 9.36. The van der Waals surface area contributed by atoms with Gasteiger partial charge in [0.25, 0.3) is 0 Å². The van der Waals surface area contributed by atoms with E-state index in [1.165, 1.54) is 24.0 Å². The smallest absolute Gasteiger partial charge is 0.304 e. The lowest BCUT2D eigenvalue weighted by Gasteiger charge is -2.35. The Labute approximate surface area is 121 Å². The van der Waals surface area contributed by atoms with Gasteiger partial charge >= 0.3 is 5.97 Å². The van der Waals surface area contributed by atoms with Crippen molar-refractivity contribution in [2.24, 2.45) is 0 Å². The number of benzene rings is 1. The van der Waals surface area contributed by atoms with Gasteiger partial charge in [0, 0.05) is 18.6 Å². The van der Waals surface area contributed by atoms with E-state index in [0.29, 0.717) is 6.54 Å². The van der Waals surface area contributed by atoms with Gasteiger partial charge in [0.05, 0.1) is 6.42 Å². The fourth-order valence-corrected chi connectivity index (χ4v) is 2.41. The molecule has 0 atom stereocenters. The van der Waals surface area contributed by atoms with Crippen molar-refractivity contribution in [3.05, 3.63) is 35.4 Å². The van der Waals surface area contributed by atoms with Crippen LogP contribution in [-0.2, 0) is 11.3 Å². The van der Waals surface area contributed by atoms with Gasteiger partial charge in [-0.25, -0.2) is 0 Å². The third kappa shape index (κ3) is 4.34. The van der Waals surface area contributed by atoms with E-state index in [1.807, 2.05) is 0 Å². The zero-order chi connectivity index (χ0) is 14.8. The summed E-state index contributed by atoms with van der Waals surface area (Å²) >= 11 is 0. The number of carboxylic acids is 1. The first-order valence-electron chi connectivity index (χ1n) is 7.42. The van der Waals surface area contributed by atoms with E-state index >= 15 is 0 Å². The molecule has 3 nitrogen and oxygen atoms in total. The second-order valence-corrected chi connectivity index (χ2v) is 6.75. The molecule has 0 aliphatic heterocycles. The summed E-state index contributed by atoms with van der Waals surface area (Å²) in [5.41, 5.74) is 2.68. The Bertz CT molecular complexity index is 455. The number of carboxylic acid groups (broad SMARTS) is 1. The van der Waals surface area contributed by atoms with Crippen LogP contribution in [-0.4, -0.2) is 28.1 Å². The summed E-state index contributed by atoms with van der Waals surface area (Å²) < 4.78 is 0. The molecule has 0 saturated heterocycles. The Kier molecular flexibility index (Phi) is 4.48. The third-order valence-electron chi connectivity index (χ3n) is 3.95. The number of hydrogen-bond donors (Lipinski definition) is 1. The number of aliphatic carboxylic acids is 1. The van der Waals surface area contributed by atoms with Crippen LogP contribution in [0.25, 0.3) is 0 Å².